The Balaban J connectivity index is 2.05. The first-order valence-corrected chi connectivity index (χ1v) is 9.07. The number of para-hydroxylation sites is 1. The molecule has 2 aromatic carbocycles. The lowest BCUT2D eigenvalue weighted by molar-refractivity contribution is 0.103. The topological polar surface area (TPSA) is 45.8 Å². The summed E-state index contributed by atoms with van der Waals surface area (Å²) in [6, 6.07) is 17.4. The number of Topliss-reactive ketones (excluding diaryl/α,β-unsaturated/α-hetero) is 1. The smallest absolute Gasteiger partial charge is 0.205 e. The summed E-state index contributed by atoms with van der Waals surface area (Å²) in [5, 5.41) is 9.49. The van der Waals surface area contributed by atoms with Crippen molar-refractivity contribution in [3.63, 3.8) is 0 Å². The summed E-state index contributed by atoms with van der Waals surface area (Å²) in [5.41, 5.74) is 2.88. The quantitative estimate of drug-likeness (QED) is 0.303. The van der Waals surface area contributed by atoms with Crippen molar-refractivity contribution in [2.45, 2.75) is 13.8 Å². The van der Waals surface area contributed by atoms with Crippen molar-refractivity contribution >= 4 is 27.8 Å². The van der Waals surface area contributed by atoms with Crippen LogP contribution in [0, 0.1) is 31.0 Å². The summed E-state index contributed by atoms with van der Waals surface area (Å²) in [5.74, 6) is -0.750. The molecule has 0 unspecified atom stereocenters. The Morgan fingerprint density at radius 1 is 1.15 bits per heavy atom. The second-order valence-corrected chi connectivity index (χ2v) is 7.04. The molecule has 0 aliphatic rings. The molecule has 134 valence electrons. The number of aryl methyl sites for hydroxylation is 1. The largest absolute Gasteiger partial charge is 0.315 e. The minimum atomic E-state index is -0.379. The van der Waals surface area contributed by atoms with Crippen molar-refractivity contribution in [2.24, 2.45) is 0 Å². The van der Waals surface area contributed by atoms with Gasteiger partial charge < -0.3 is 4.57 Å². The van der Waals surface area contributed by atoms with Gasteiger partial charge >= 0.3 is 0 Å². The third kappa shape index (κ3) is 3.76. The molecule has 0 radical (unpaired) electrons. The molecule has 1 heterocycles. The summed E-state index contributed by atoms with van der Waals surface area (Å²) in [4.78, 5) is 12.9. The van der Waals surface area contributed by atoms with Gasteiger partial charge in [0.2, 0.25) is 5.78 Å². The van der Waals surface area contributed by atoms with E-state index >= 15 is 0 Å². The molecule has 0 bridgehead atoms. The van der Waals surface area contributed by atoms with Gasteiger partial charge in [0, 0.05) is 21.4 Å². The SMILES string of the molecule is Cc1cc(C(=O)/C(C#N)=C/c2ccc(Br)cc2)c(C)n1-c1ccccc1F. The molecule has 1 aromatic heterocycles. The zero-order valence-corrected chi connectivity index (χ0v) is 16.4. The molecular weight excluding hydrogens is 407 g/mol. The van der Waals surface area contributed by atoms with E-state index in [-0.39, 0.29) is 17.2 Å². The highest BCUT2D eigenvalue weighted by molar-refractivity contribution is 9.10. The number of nitrogens with zero attached hydrogens (tertiary/aromatic N) is 2. The minimum Gasteiger partial charge on any atom is -0.315 e. The maximum absolute atomic E-state index is 14.2. The van der Waals surface area contributed by atoms with Crippen LogP contribution in [0.1, 0.15) is 27.3 Å². The van der Waals surface area contributed by atoms with E-state index in [1.807, 2.05) is 30.3 Å². The molecule has 3 aromatic rings. The van der Waals surface area contributed by atoms with Gasteiger partial charge in [-0.1, -0.05) is 40.2 Å². The normalized spacial score (nSPS) is 11.3. The van der Waals surface area contributed by atoms with Crippen molar-refractivity contribution in [1.29, 1.82) is 5.26 Å². The van der Waals surface area contributed by atoms with Crippen LogP contribution in [0.25, 0.3) is 11.8 Å². The first-order valence-electron chi connectivity index (χ1n) is 8.28. The molecule has 0 spiro atoms. The van der Waals surface area contributed by atoms with Gasteiger partial charge in [0.25, 0.3) is 0 Å². The van der Waals surface area contributed by atoms with Crippen LogP contribution in [0.4, 0.5) is 4.39 Å². The van der Waals surface area contributed by atoms with E-state index in [1.165, 1.54) is 6.07 Å². The number of benzene rings is 2. The van der Waals surface area contributed by atoms with Crippen molar-refractivity contribution in [2.75, 3.05) is 0 Å². The summed E-state index contributed by atoms with van der Waals surface area (Å²) >= 11 is 3.36. The second kappa shape index (κ2) is 7.73. The van der Waals surface area contributed by atoms with E-state index in [0.29, 0.717) is 16.9 Å². The number of allylic oxidation sites excluding steroid dienone is 1. The van der Waals surface area contributed by atoms with Gasteiger partial charge in [-0.3, -0.25) is 4.79 Å². The van der Waals surface area contributed by atoms with Crippen LogP contribution in [0.3, 0.4) is 0 Å². The number of aromatic nitrogens is 1. The summed E-state index contributed by atoms with van der Waals surface area (Å²) in [6.45, 7) is 3.56. The van der Waals surface area contributed by atoms with Gasteiger partial charge in [0.05, 0.1) is 5.69 Å². The first-order chi connectivity index (χ1) is 12.9. The van der Waals surface area contributed by atoms with Crippen molar-refractivity contribution in [3.05, 3.63) is 93.0 Å². The lowest BCUT2D eigenvalue weighted by atomic mass is 10.0. The van der Waals surface area contributed by atoms with E-state index in [9.17, 15) is 14.4 Å². The zero-order valence-electron chi connectivity index (χ0n) is 14.8. The average molecular weight is 423 g/mol. The van der Waals surface area contributed by atoms with Gasteiger partial charge in [-0.15, -0.1) is 0 Å². The third-order valence-electron chi connectivity index (χ3n) is 4.32. The molecule has 27 heavy (non-hydrogen) atoms. The molecule has 0 saturated heterocycles. The van der Waals surface area contributed by atoms with Gasteiger partial charge in [0.1, 0.15) is 17.5 Å². The molecule has 0 saturated carbocycles. The monoisotopic (exact) mass is 422 g/mol. The van der Waals surface area contributed by atoms with Crippen LogP contribution in [-0.4, -0.2) is 10.4 Å². The predicted octanol–water partition coefficient (Wildman–Crippen LogP) is 5.79. The summed E-state index contributed by atoms with van der Waals surface area (Å²) in [6.07, 6.45) is 1.56. The molecule has 5 heteroatoms. The van der Waals surface area contributed by atoms with Crippen molar-refractivity contribution in [1.82, 2.24) is 4.57 Å². The number of carbonyl (C=O) groups is 1. The van der Waals surface area contributed by atoms with E-state index in [0.717, 1.165) is 15.7 Å². The van der Waals surface area contributed by atoms with Gasteiger partial charge in [-0.2, -0.15) is 5.26 Å². The van der Waals surface area contributed by atoms with E-state index in [4.69, 9.17) is 0 Å². The summed E-state index contributed by atoms with van der Waals surface area (Å²) in [7, 11) is 0. The lowest BCUT2D eigenvalue weighted by Gasteiger charge is -2.10. The standard InChI is InChI=1S/C22H16BrFN2O/c1-14-11-19(15(2)26(14)21-6-4-3-5-20(21)24)22(27)17(13-25)12-16-7-9-18(23)10-8-16/h3-12H,1-2H3/b17-12+. The van der Waals surface area contributed by atoms with Gasteiger partial charge in [-0.05, 0) is 55.8 Å². The minimum absolute atomic E-state index is 0.0334. The van der Waals surface area contributed by atoms with E-state index in [2.05, 4.69) is 15.9 Å². The molecule has 0 aliphatic heterocycles. The van der Waals surface area contributed by atoms with Crippen LogP contribution in [-0.2, 0) is 0 Å². The number of carbonyl (C=O) groups excluding carboxylic acids is 1. The Kier molecular flexibility index (Phi) is 5.38. The second-order valence-electron chi connectivity index (χ2n) is 6.12. The van der Waals surface area contributed by atoms with Crippen LogP contribution < -0.4 is 0 Å². The molecular formula is C22H16BrFN2O. The fraction of sp³-hybridized carbons (Fsp3) is 0.0909. The molecule has 0 amide bonds. The zero-order chi connectivity index (χ0) is 19.6. The Labute approximate surface area is 165 Å². The van der Waals surface area contributed by atoms with Crippen LogP contribution in [0.2, 0.25) is 0 Å². The Hall–Kier alpha value is -2.97. The van der Waals surface area contributed by atoms with E-state index in [1.54, 1.807) is 48.8 Å². The molecule has 0 aliphatic carbocycles. The van der Waals surface area contributed by atoms with Crippen LogP contribution in [0.5, 0.6) is 0 Å². The highest BCUT2D eigenvalue weighted by Gasteiger charge is 2.21. The van der Waals surface area contributed by atoms with Gasteiger partial charge in [0.15, 0.2) is 0 Å². The van der Waals surface area contributed by atoms with Crippen molar-refractivity contribution in [3.8, 4) is 11.8 Å². The third-order valence-corrected chi connectivity index (χ3v) is 4.84. The molecule has 0 fully saturated rings. The number of nitriles is 1. The average Bonchev–Trinajstić information content (AvgIpc) is 2.95. The first kappa shape index (κ1) is 18.8. The molecule has 0 atom stereocenters. The Morgan fingerprint density at radius 3 is 2.44 bits per heavy atom. The number of ketones is 1. The number of hydrogen-bond acceptors (Lipinski definition) is 2. The molecule has 0 N–H and O–H groups in total. The van der Waals surface area contributed by atoms with Crippen LogP contribution >= 0.6 is 15.9 Å². The number of halogens is 2. The molecule has 3 nitrogen and oxygen atoms in total. The predicted molar refractivity (Wildman–Crippen MR) is 107 cm³/mol. The van der Waals surface area contributed by atoms with E-state index < -0.39 is 0 Å². The van der Waals surface area contributed by atoms with Gasteiger partial charge in [-0.25, -0.2) is 4.39 Å². The maximum Gasteiger partial charge on any atom is 0.205 e. The number of hydrogen-bond donors (Lipinski definition) is 0. The van der Waals surface area contributed by atoms with Crippen LogP contribution in [0.15, 0.2) is 64.6 Å². The Morgan fingerprint density at radius 2 is 1.81 bits per heavy atom. The fourth-order valence-electron chi connectivity index (χ4n) is 3.02. The summed E-state index contributed by atoms with van der Waals surface area (Å²) < 4.78 is 16.8. The molecule has 3 rings (SSSR count). The fourth-order valence-corrected chi connectivity index (χ4v) is 3.28. The Bertz CT molecular complexity index is 1090. The maximum atomic E-state index is 14.2. The highest BCUT2D eigenvalue weighted by atomic mass is 79.9. The van der Waals surface area contributed by atoms with Crippen molar-refractivity contribution < 1.29 is 9.18 Å². The lowest BCUT2D eigenvalue weighted by Crippen LogP contribution is -2.06. The number of rotatable bonds is 4. The highest BCUT2D eigenvalue weighted by Crippen LogP contribution is 2.25.